The van der Waals surface area contributed by atoms with E-state index in [-0.39, 0.29) is 0 Å². The fraction of sp³-hybridized carbons (Fsp3) is 0.944. The van der Waals surface area contributed by atoms with Gasteiger partial charge in [-0.2, -0.15) is 0 Å². The Balaban J connectivity index is 1.45. The van der Waals surface area contributed by atoms with Crippen LogP contribution in [0.5, 0.6) is 0 Å². The highest BCUT2D eigenvalue weighted by molar-refractivity contribution is 5.77. The van der Waals surface area contributed by atoms with E-state index in [0.717, 1.165) is 43.7 Å². The van der Waals surface area contributed by atoms with E-state index in [4.69, 9.17) is 5.73 Å². The molecule has 4 saturated carbocycles. The van der Waals surface area contributed by atoms with Gasteiger partial charge in [-0.05, 0) is 87.5 Å². The highest BCUT2D eigenvalue weighted by atomic mass is 16.2. The summed E-state index contributed by atoms with van der Waals surface area (Å²) in [5, 5.41) is 0. The normalized spacial score (nSPS) is 48.1. The molecule has 5 aliphatic rings. The molecule has 0 spiro atoms. The van der Waals surface area contributed by atoms with Crippen molar-refractivity contribution in [3.8, 4) is 0 Å². The van der Waals surface area contributed by atoms with Gasteiger partial charge in [-0.15, -0.1) is 0 Å². The Morgan fingerprint density at radius 1 is 1.10 bits per heavy atom. The van der Waals surface area contributed by atoms with Gasteiger partial charge in [0.2, 0.25) is 5.91 Å². The minimum atomic E-state index is 0.381. The van der Waals surface area contributed by atoms with Crippen LogP contribution in [0.25, 0.3) is 0 Å². The molecule has 0 aromatic carbocycles. The van der Waals surface area contributed by atoms with Crippen LogP contribution in [0.3, 0.4) is 0 Å². The monoisotopic (exact) mass is 290 g/mol. The SMILES string of the molecule is CC1CC(CN)CN1C(=O)CC12CC3CC(CC(C3)C1)C2. The quantitative estimate of drug-likeness (QED) is 0.869. The zero-order valence-corrected chi connectivity index (χ0v) is 13.4. The van der Waals surface area contributed by atoms with Crippen LogP contribution >= 0.6 is 0 Å². The lowest BCUT2D eigenvalue weighted by molar-refractivity contribution is -0.140. The van der Waals surface area contributed by atoms with Gasteiger partial charge in [0, 0.05) is 19.0 Å². The highest BCUT2D eigenvalue weighted by Gasteiger charge is 2.52. The maximum absolute atomic E-state index is 12.9. The molecule has 21 heavy (non-hydrogen) atoms. The zero-order valence-electron chi connectivity index (χ0n) is 13.4. The first-order valence-electron chi connectivity index (χ1n) is 9.06. The van der Waals surface area contributed by atoms with Gasteiger partial charge in [-0.25, -0.2) is 0 Å². The molecular weight excluding hydrogens is 260 g/mol. The molecule has 1 aliphatic heterocycles. The smallest absolute Gasteiger partial charge is 0.223 e. The molecule has 5 rings (SSSR count). The van der Waals surface area contributed by atoms with E-state index in [2.05, 4.69) is 11.8 Å². The predicted octanol–water partition coefficient (Wildman–Crippen LogP) is 2.79. The van der Waals surface area contributed by atoms with E-state index in [1.807, 2.05) is 0 Å². The molecule has 1 saturated heterocycles. The van der Waals surface area contributed by atoms with Crippen molar-refractivity contribution in [2.75, 3.05) is 13.1 Å². The number of carbonyl (C=O) groups is 1. The fourth-order valence-corrected chi connectivity index (χ4v) is 6.59. The number of hydrogen-bond acceptors (Lipinski definition) is 2. The topological polar surface area (TPSA) is 46.3 Å². The number of amides is 1. The summed E-state index contributed by atoms with van der Waals surface area (Å²) >= 11 is 0. The summed E-state index contributed by atoms with van der Waals surface area (Å²) in [7, 11) is 0. The lowest BCUT2D eigenvalue weighted by Gasteiger charge is -2.57. The third kappa shape index (κ3) is 2.42. The molecular formula is C18H30N2O. The van der Waals surface area contributed by atoms with Gasteiger partial charge < -0.3 is 10.6 Å². The average molecular weight is 290 g/mol. The molecule has 4 aliphatic carbocycles. The Morgan fingerprint density at radius 3 is 2.14 bits per heavy atom. The zero-order chi connectivity index (χ0) is 14.6. The maximum Gasteiger partial charge on any atom is 0.223 e. The minimum Gasteiger partial charge on any atom is -0.340 e. The van der Waals surface area contributed by atoms with E-state index in [9.17, 15) is 4.79 Å². The van der Waals surface area contributed by atoms with Gasteiger partial charge in [0.05, 0.1) is 0 Å². The summed E-state index contributed by atoms with van der Waals surface area (Å²) in [4.78, 5) is 15.0. The standard InChI is InChI=1S/C18H30N2O/c1-12-2-16(10-19)11-20(12)17(21)9-18-6-13-3-14(7-18)5-15(4-13)8-18/h12-16H,2-11,19H2,1H3. The number of hydrogen-bond donors (Lipinski definition) is 1. The molecule has 2 N–H and O–H groups in total. The van der Waals surface area contributed by atoms with Crippen LogP contribution < -0.4 is 5.73 Å². The second-order valence-electron chi connectivity index (χ2n) is 8.83. The van der Waals surface area contributed by atoms with Gasteiger partial charge in [0.1, 0.15) is 0 Å². The van der Waals surface area contributed by atoms with Crippen LogP contribution in [0.1, 0.15) is 58.3 Å². The van der Waals surface area contributed by atoms with Crippen LogP contribution in [-0.4, -0.2) is 29.9 Å². The summed E-state index contributed by atoms with van der Waals surface area (Å²) in [5.74, 6) is 3.78. The van der Waals surface area contributed by atoms with Crippen molar-refractivity contribution in [2.45, 2.75) is 64.3 Å². The number of nitrogens with zero attached hydrogens (tertiary/aromatic N) is 1. The van der Waals surface area contributed by atoms with Gasteiger partial charge in [-0.3, -0.25) is 4.79 Å². The molecule has 0 radical (unpaired) electrons. The minimum absolute atomic E-state index is 0.381. The van der Waals surface area contributed by atoms with Gasteiger partial charge in [-0.1, -0.05) is 0 Å². The summed E-state index contributed by atoms with van der Waals surface area (Å²) < 4.78 is 0. The van der Waals surface area contributed by atoms with E-state index in [1.54, 1.807) is 0 Å². The maximum atomic E-state index is 12.9. The molecule has 118 valence electrons. The van der Waals surface area contributed by atoms with E-state index in [1.165, 1.54) is 38.5 Å². The number of carbonyl (C=O) groups excluding carboxylic acids is 1. The molecule has 1 heterocycles. The molecule has 1 amide bonds. The van der Waals surface area contributed by atoms with Crippen molar-refractivity contribution in [3.63, 3.8) is 0 Å². The summed E-state index contributed by atoms with van der Waals surface area (Å²) in [5.41, 5.74) is 6.19. The van der Waals surface area contributed by atoms with Crippen molar-refractivity contribution in [1.29, 1.82) is 0 Å². The van der Waals surface area contributed by atoms with Gasteiger partial charge in [0.25, 0.3) is 0 Å². The largest absolute Gasteiger partial charge is 0.340 e. The van der Waals surface area contributed by atoms with E-state index in [0.29, 0.717) is 23.3 Å². The first-order valence-corrected chi connectivity index (χ1v) is 9.06. The average Bonchev–Trinajstić information content (AvgIpc) is 2.78. The van der Waals surface area contributed by atoms with Crippen LogP contribution in [0.4, 0.5) is 0 Å². The Morgan fingerprint density at radius 2 is 1.67 bits per heavy atom. The molecule has 3 heteroatoms. The summed E-state index contributed by atoms with van der Waals surface area (Å²) in [6, 6.07) is 0.403. The van der Waals surface area contributed by atoms with Crippen molar-refractivity contribution < 1.29 is 4.79 Å². The van der Waals surface area contributed by atoms with E-state index < -0.39 is 0 Å². The molecule has 3 nitrogen and oxygen atoms in total. The van der Waals surface area contributed by atoms with Crippen LogP contribution in [0.2, 0.25) is 0 Å². The Hall–Kier alpha value is -0.570. The summed E-state index contributed by atoms with van der Waals surface area (Å²) in [6.45, 7) is 3.83. The number of nitrogens with two attached hydrogens (primary N) is 1. The number of likely N-dealkylation sites (tertiary alicyclic amines) is 1. The fourth-order valence-electron chi connectivity index (χ4n) is 6.59. The third-order valence-corrected chi connectivity index (χ3v) is 7.01. The molecule has 0 aromatic heterocycles. The Bertz CT molecular complexity index is 398. The van der Waals surface area contributed by atoms with Crippen LogP contribution in [0.15, 0.2) is 0 Å². The molecule has 0 aromatic rings. The number of rotatable bonds is 3. The molecule has 4 bridgehead atoms. The van der Waals surface area contributed by atoms with Crippen LogP contribution in [-0.2, 0) is 4.79 Å². The van der Waals surface area contributed by atoms with Crippen LogP contribution in [0, 0.1) is 29.1 Å². The van der Waals surface area contributed by atoms with Crippen molar-refractivity contribution in [1.82, 2.24) is 4.90 Å². The second kappa shape index (κ2) is 4.97. The van der Waals surface area contributed by atoms with Crippen molar-refractivity contribution >= 4 is 5.91 Å². The highest BCUT2D eigenvalue weighted by Crippen LogP contribution is 2.61. The van der Waals surface area contributed by atoms with E-state index >= 15 is 0 Å². The molecule has 2 unspecified atom stereocenters. The molecule has 2 atom stereocenters. The Labute approximate surface area is 128 Å². The Kier molecular flexibility index (Phi) is 3.33. The van der Waals surface area contributed by atoms with Gasteiger partial charge >= 0.3 is 0 Å². The first kappa shape index (κ1) is 14.0. The predicted molar refractivity (Wildman–Crippen MR) is 83.6 cm³/mol. The molecule has 5 fully saturated rings. The lowest BCUT2D eigenvalue weighted by Crippen LogP contribution is -2.48. The first-order chi connectivity index (χ1) is 10.1. The third-order valence-electron chi connectivity index (χ3n) is 7.01. The summed E-state index contributed by atoms with van der Waals surface area (Å²) in [6.07, 6.45) is 10.3. The second-order valence-corrected chi connectivity index (χ2v) is 8.83. The van der Waals surface area contributed by atoms with Crippen molar-refractivity contribution in [2.24, 2.45) is 34.8 Å². The van der Waals surface area contributed by atoms with Gasteiger partial charge in [0.15, 0.2) is 0 Å². The van der Waals surface area contributed by atoms with Crippen molar-refractivity contribution in [3.05, 3.63) is 0 Å². The lowest BCUT2D eigenvalue weighted by atomic mass is 9.49.